The largest absolute Gasteiger partial charge is 0.497 e. The normalized spacial score (nSPS) is 19.1. The van der Waals surface area contributed by atoms with Gasteiger partial charge in [-0.2, -0.15) is 0 Å². The molecule has 0 aliphatic carbocycles. The van der Waals surface area contributed by atoms with Crippen molar-refractivity contribution in [3.63, 3.8) is 0 Å². The van der Waals surface area contributed by atoms with Gasteiger partial charge in [-0.1, -0.05) is 0 Å². The maximum atomic E-state index is 13.3. The minimum Gasteiger partial charge on any atom is -0.497 e. The summed E-state index contributed by atoms with van der Waals surface area (Å²) < 4.78 is 16.2. The Labute approximate surface area is 200 Å². The van der Waals surface area contributed by atoms with Gasteiger partial charge in [0.15, 0.2) is 0 Å². The van der Waals surface area contributed by atoms with Crippen molar-refractivity contribution in [1.82, 2.24) is 20.0 Å². The molecule has 0 aromatic heterocycles. The van der Waals surface area contributed by atoms with Crippen LogP contribution in [0, 0.1) is 0 Å². The predicted molar refractivity (Wildman–Crippen MR) is 126 cm³/mol. The third-order valence-electron chi connectivity index (χ3n) is 6.15. The van der Waals surface area contributed by atoms with Gasteiger partial charge in [-0.05, 0) is 31.5 Å². The van der Waals surface area contributed by atoms with E-state index >= 15 is 0 Å². The molecule has 2 aliphatic rings. The van der Waals surface area contributed by atoms with E-state index in [0.29, 0.717) is 67.6 Å². The third kappa shape index (κ3) is 5.44. The van der Waals surface area contributed by atoms with Crippen molar-refractivity contribution in [2.45, 2.75) is 26.8 Å². The molecule has 2 heterocycles. The molecule has 0 radical (unpaired) electrons. The molecular formula is C24H34N4O6. The summed E-state index contributed by atoms with van der Waals surface area (Å²) in [4.78, 5) is 43.6. The molecule has 0 bridgehead atoms. The van der Waals surface area contributed by atoms with Gasteiger partial charge in [-0.25, -0.2) is 9.59 Å². The first-order valence-corrected chi connectivity index (χ1v) is 11.5. The predicted octanol–water partition coefficient (Wildman–Crippen LogP) is 1.77. The first-order valence-electron chi connectivity index (χ1n) is 11.5. The highest BCUT2D eigenvalue weighted by molar-refractivity contribution is 5.95. The molecule has 3 amide bonds. The second kappa shape index (κ2) is 11.2. The van der Waals surface area contributed by atoms with Crippen LogP contribution in [0.3, 0.4) is 0 Å². The lowest BCUT2D eigenvalue weighted by Crippen LogP contribution is -2.53. The molecule has 1 saturated heterocycles. The molecule has 1 aromatic rings. The first-order chi connectivity index (χ1) is 16.3. The Bertz CT molecular complexity index is 933. The molecule has 1 N–H and O–H groups in total. The van der Waals surface area contributed by atoms with E-state index < -0.39 is 12.0 Å². The smallest absolute Gasteiger partial charge is 0.338 e. The Balaban J connectivity index is 2.06. The van der Waals surface area contributed by atoms with Crippen molar-refractivity contribution in [2.24, 2.45) is 0 Å². The Hall–Kier alpha value is -3.27. The molecule has 1 aromatic carbocycles. The molecule has 10 heteroatoms. The number of nitrogens with zero attached hydrogens (tertiary/aromatic N) is 3. The number of nitrogens with one attached hydrogen (secondary N) is 1. The minimum absolute atomic E-state index is 0.0466. The molecule has 0 spiro atoms. The Morgan fingerprint density at radius 2 is 1.65 bits per heavy atom. The van der Waals surface area contributed by atoms with Crippen LogP contribution in [0.5, 0.6) is 11.5 Å². The van der Waals surface area contributed by atoms with Crippen molar-refractivity contribution in [3.05, 3.63) is 35.0 Å². The molecule has 34 heavy (non-hydrogen) atoms. The summed E-state index contributed by atoms with van der Waals surface area (Å²) in [5.41, 5.74) is 1.64. The van der Waals surface area contributed by atoms with E-state index in [1.165, 1.54) is 0 Å². The average molecular weight is 475 g/mol. The fourth-order valence-electron chi connectivity index (χ4n) is 4.34. The zero-order chi connectivity index (χ0) is 24.8. The number of ether oxygens (including phenoxy) is 3. The summed E-state index contributed by atoms with van der Waals surface area (Å²) >= 11 is 0. The standard InChI is InChI=1S/C24H34N4O6/c1-6-28-20(15-26-8-10-27(11-9-26)16(3)29)21(23(30)34-7-2)22(25-24(28)31)17-12-18(32-4)14-19(13-17)33-5/h12-14,22H,6-11,15H2,1-5H3,(H,25,31). The van der Waals surface area contributed by atoms with Crippen molar-refractivity contribution in [1.29, 1.82) is 0 Å². The van der Waals surface area contributed by atoms with E-state index in [1.54, 1.807) is 56.1 Å². The van der Waals surface area contributed by atoms with Gasteiger partial charge in [0, 0.05) is 58.0 Å². The molecule has 1 atom stereocenters. The topological polar surface area (TPSA) is 101 Å². The second-order valence-corrected chi connectivity index (χ2v) is 8.14. The third-order valence-corrected chi connectivity index (χ3v) is 6.15. The maximum Gasteiger partial charge on any atom is 0.338 e. The number of carbonyl (C=O) groups is 3. The molecular weight excluding hydrogens is 440 g/mol. The summed E-state index contributed by atoms with van der Waals surface area (Å²) in [6.45, 7) is 8.68. The van der Waals surface area contributed by atoms with Crippen molar-refractivity contribution < 1.29 is 28.6 Å². The quantitative estimate of drug-likeness (QED) is 0.573. The summed E-state index contributed by atoms with van der Waals surface area (Å²) in [7, 11) is 3.09. The average Bonchev–Trinajstić information content (AvgIpc) is 2.83. The number of piperazine rings is 1. The number of hydrogen-bond acceptors (Lipinski definition) is 7. The van der Waals surface area contributed by atoms with Crippen LogP contribution in [0.4, 0.5) is 4.79 Å². The van der Waals surface area contributed by atoms with E-state index in [-0.39, 0.29) is 18.5 Å². The monoisotopic (exact) mass is 474 g/mol. The Morgan fingerprint density at radius 1 is 1.03 bits per heavy atom. The Kier molecular flexibility index (Phi) is 8.38. The van der Waals surface area contributed by atoms with Crippen LogP contribution in [-0.2, 0) is 14.3 Å². The summed E-state index contributed by atoms with van der Waals surface area (Å²) in [6, 6.07) is 4.26. The maximum absolute atomic E-state index is 13.3. The van der Waals surface area contributed by atoms with Gasteiger partial charge in [-0.15, -0.1) is 0 Å². The van der Waals surface area contributed by atoms with Crippen LogP contribution in [-0.4, -0.2) is 92.7 Å². The fourth-order valence-corrected chi connectivity index (χ4v) is 4.34. The molecule has 10 nitrogen and oxygen atoms in total. The van der Waals surface area contributed by atoms with Crippen molar-refractivity contribution in [3.8, 4) is 11.5 Å². The minimum atomic E-state index is -0.730. The number of methoxy groups -OCH3 is 2. The van der Waals surface area contributed by atoms with Crippen LogP contribution >= 0.6 is 0 Å². The van der Waals surface area contributed by atoms with E-state index in [1.807, 2.05) is 6.92 Å². The zero-order valence-corrected chi connectivity index (χ0v) is 20.6. The van der Waals surface area contributed by atoms with E-state index in [9.17, 15) is 14.4 Å². The molecule has 0 saturated carbocycles. The Morgan fingerprint density at radius 3 is 2.15 bits per heavy atom. The number of likely N-dealkylation sites (N-methyl/N-ethyl adjacent to an activating group) is 1. The second-order valence-electron chi connectivity index (χ2n) is 8.14. The first kappa shape index (κ1) is 25.4. The number of hydrogen-bond donors (Lipinski definition) is 1. The SMILES string of the molecule is CCOC(=O)C1=C(CN2CCN(C(C)=O)CC2)N(CC)C(=O)NC1c1cc(OC)cc(OC)c1. The van der Waals surface area contributed by atoms with Gasteiger partial charge in [0.05, 0.1) is 32.4 Å². The molecule has 2 aliphatic heterocycles. The van der Waals surface area contributed by atoms with Crippen LogP contribution in [0.1, 0.15) is 32.4 Å². The number of esters is 1. The van der Waals surface area contributed by atoms with Gasteiger partial charge in [0.25, 0.3) is 0 Å². The van der Waals surface area contributed by atoms with Gasteiger partial charge < -0.3 is 24.4 Å². The number of benzene rings is 1. The highest BCUT2D eigenvalue weighted by atomic mass is 16.5. The molecule has 186 valence electrons. The van der Waals surface area contributed by atoms with Gasteiger partial charge in [0.2, 0.25) is 5.91 Å². The number of carbonyl (C=O) groups excluding carboxylic acids is 3. The highest BCUT2D eigenvalue weighted by Crippen LogP contribution is 2.35. The van der Waals surface area contributed by atoms with Gasteiger partial charge >= 0.3 is 12.0 Å². The molecule has 3 rings (SSSR count). The summed E-state index contributed by atoms with van der Waals surface area (Å²) in [5.74, 6) is 0.661. The van der Waals surface area contributed by atoms with Crippen LogP contribution < -0.4 is 14.8 Å². The lowest BCUT2D eigenvalue weighted by molar-refractivity contribution is -0.139. The zero-order valence-electron chi connectivity index (χ0n) is 20.6. The van der Waals surface area contributed by atoms with E-state index in [2.05, 4.69) is 10.2 Å². The number of amides is 3. The van der Waals surface area contributed by atoms with Crippen LogP contribution in [0.15, 0.2) is 29.5 Å². The molecule has 1 unspecified atom stereocenters. The van der Waals surface area contributed by atoms with Crippen LogP contribution in [0.25, 0.3) is 0 Å². The lowest BCUT2D eigenvalue weighted by Gasteiger charge is -2.40. The molecule has 1 fully saturated rings. The van der Waals surface area contributed by atoms with Gasteiger partial charge in [-0.3, -0.25) is 14.6 Å². The van der Waals surface area contributed by atoms with Crippen molar-refractivity contribution >= 4 is 17.9 Å². The van der Waals surface area contributed by atoms with Gasteiger partial charge in [0.1, 0.15) is 11.5 Å². The summed E-state index contributed by atoms with van der Waals surface area (Å²) in [6.07, 6.45) is 0. The fraction of sp³-hybridized carbons (Fsp3) is 0.542. The highest BCUT2D eigenvalue weighted by Gasteiger charge is 2.39. The number of rotatable bonds is 8. The van der Waals surface area contributed by atoms with Crippen molar-refractivity contribution in [2.75, 3.05) is 60.1 Å². The van der Waals surface area contributed by atoms with Crippen LogP contribution in [0.2, 0.25) is 0 Å². The lowest BCUT2D eigenvalue weighted by atomic mass is 9.93. The summed E-state index contributed by atoms with van der Waals surface area (Å²) in [5, 5.41) is 2.96. The van der Waals surface area contributed by atoms with E-state index in [0.717, 1.165) is 0 Å². The van der Waals surface area contributed by atoms with E-state index in [4.69, 9.17) is 14.2 Å². The number of urea groups is 1.